The molecule has 1 amide bonds. The van der Waals surface area contributed by atoms with Crippen LogP contribution in [0.15, 0.2) is 52.4 Å². The first-order valence-corrected chi connectivity index (χ1v) is 9.45. The molecule has 0 aromatic heterocycles. The van der Waals surface area contributed by atoms with Gasteiger partial charge in [0.05, 0.1) is 17.7 Å². The lowest BCUT2D eigenvalue weighted by Crippen LogP contribution is -2.23. The van der Waals surface area contributed by atoms with Crippen molar-refractivity contribution < 1.29 is 19.1 Å². The summed E-state index contributed by atoms with van der Waals surface area (Å²) in [7, 11) is 3.16. The summed E-state index contributed by atoms with van der Waals surface area (Å²) in [6.45, 7) is 1.32. The number of amides is 1. The van der Waals surface area contributed by atoms with Crippen molar-refractivity contribution in [2.24, 2.45) is 4.99 Å². The van der Waals surface area contributed by atoms with Crippen LogP contribution in [0.4, 0.5) is 5.69 Å². The highest BCUT2D eigenvalue weighted by Crippen LogP contribution is 2.35. The number of hydrogen-bond donors (Lipinski definition) is 0. The molecule has 28 heavy (non-hydrogen) atoms. The summed E-state index contributed by atoms with van der Waals surface area (Å²) in [4.78, 5) is 30.3. The van der Waals surface area contributed by atoms with Crippen molar-refractivity contribution in [2.75, 3.05) is 14.2 Å². The molecule has 0 N–H and O–H groups in total. The van der Waals surface area contributed by atoms with Gasteiger partial charge in [0.25, 0.3) is 5.91 Å². The van der Waals surface area contributed by atoms with Crippen LogP contribution in [0.25, 0.3) is 6.08 Å². The van der Waals surface area contributed by atoms with Crippen molar-refractivity contribution in [3.05, 3.63) is 58.0 Å². The second-order valence-electron chi connectivity index (χ2n) is 5.85. The molecule has 3 rings (SSSR count). The van der Waals surface area contributed by atoms with Gasteiger partial charge in [-0.25, -0.2) is 4.99 Å². The van der Waals surface area contributed by atoms with Crippen molar-refractivity contribution in [3.63, 3.8) is 0 Å². The number of benzene rings is 2. The Morgan fingerprint density at radius 1 is 1.18 bits per heavy atom. The Labute approximate surface area is 171 Å². The number of amidine groups is 1. The van der Waals surface area contributed by atoms with Crippen LogP contribution in [0.2, 0.25) is 5.02 Å². The van der Waals surface area contributed by atoms with Crippen LogP contribution in [0, 0.1) is 0 Å². The molecule has 0 spiro atoms. The van der Waals surface area contributed by atoms with E-state index in [-0.39, 0.29) is 5.91 Å². The van der Waals surface area contributed by atoms with E-state index in [0.717, 1.165) is 5.56 Å². The molecular weight excluding hydrogens is 400 g/mol. The van der Waals surface area contributed by atoms with Crippen molar-refractivity contribution in [1.29, 1.82) is 0 Å². The maximum Gasteiger partial charge on any atom is 0.308 e. The summed E-state index contributed by atoms with van der Waals surface area (Å²) in [5, 5.41) is 1.20. The fraction of sp³-hybridized carbons (Fsp3) is 0.150. The minimum absolute atomic E-state index is 0.152. The van der Waals surface area contributed by atoms with Gasteiger partial charge >= 0.3 is 5.97 Å². The molecule has 1 aliphatic rings. The first-order chi connectivity index (χ1) is 13.4. The van der Waals surface area contributed by atoms with Gasteiger partial charge in [0.2, 0.25) is 0 Å². The number of likely N-dealkylation sites (N-methyl/N-ethyl adjacent to an activating group) is 1. The van der Waals surface area contributed by atoms with Gasteiger partial charge in [-0.2, -0.15) is 0 Å². The Balaban J connectivity index is 1.87. The third kappa shape index (κ3) is 4.55. The van der Waals surface area contributed by atoms with Crippen LogP contribution < -0.4 is 9.47 Å². The van der Waals surface area contributed by atoms with E-state index >= 15 is 0 Å². The van der Waals surface area contributed by atoms with Crippen molar-refractivity contribution in [3.8, 4) is 11.5 Å². The second-order valence-corrected chi connectivity index (χ2v) is 7.30. The maximum absolute atomic E-state index is 12.6. The van der Waals surface area contributed by atoms with E-state index in [1.807, 2.05) is 0 Å². The zero-order valence-corrected chi connectivity index (χ0v) is 17.0. The third-order valence-electron chi connectivity index (χ3n) is 3.79. The van der Waals surface area contributed by atoms with Crippen LogP contribution in [0.5, 0.6) is 11.5 Å². The van der Waals surface area contributed by atoms with Gasteiger partial charge in [0.1, 0.15) is 0 Å². The van der Waals surface area contributed by atoms with Crippen LogP contribution in [0.1, 0.15) is 12.5 Å². The molecule has 8 heteroatoms. The number of hydrogen-bond acceptors (Lipinski definition) is 6. The summed E-state index contributed by atoms with van der Waals surface area (Å²) >= 11 is 7.17. The van der Waals surface area contributed by atoms with Crippen LogP contribution in [-0.4, -0.2) is 36.1 Å². The molecule has 6 nitrogen and oxygen atoms in total. The van der Waals surface area contributed by atoms with Crippen molar-refractivity contribution >= 4 is 52.2 Å². The molecule has 0 atom stereocenters. The standard InChI is InChI=1S/C20H17ClN2O4S/c1-12(24)27-16-9-4-13(10-17(16)26-3)11-18-19(25)23(2)20(28-18)22-15-7-5-14(21)6-8-15/h4-11H,1-3H3/b18-11+,22-20?. The molecule has 2 aromatic rings. The molecular formula is C20H17ClN2O4S. The number of nitrogens with zero attached hydrogens (tertiary/aromatic N) is 2. The third-order valence-corrected chi connectivity index (χ3v) is 5.11. The first kappa shape index (κ1) is 20.0. The molecule has 1 fully saturated rings. The number of carbonyl (C=O) groups is 2. The number of thioether (sulfide) groups is 1. The van der Waals surface area contributed by atoms with Crippen LogP contribution in [0.3, 0.4) is 0 Å². The predicted molar refractivity (Wildman–Crippen MR) is 111 cm³/mol. The van der Waals surface area contributed by atoms with Gasteiger partial charge in [-0.1, -0.05) is 17.7 Å². The van der Waals surface area contributed by atoms with Gasteiger partial charge in [-0.05, 0) is 59.8 Å². The molecule has 1 heterocycles. The molecule has 0 radical (unpaired) electrons. The predicted octanol–water partition coefficient (Wildman–Crippen LogP) is 4.51. The van der Waals surface area contributed by atoms with Crippen molar-refractivity contribution in [2.45, 2.75) is 6.92 Å². The average Bonchev–Trinajstić information content (AvgIpc) is 2.92. The number of halogens is 1. The zero-order chi connectivity index (χ0) is 20.3. The second kappa shape index (κ2) is 8.50. The van der Waals surface area contributed by atoms with Crippen LogP contribution in [-0.2, 0) is 9.59 Å². The number of ether oxygens (including phenoxy) is 2. The number of carbonyl (C=O) groups excluding carboxylic acids is 2. The number of rotatable bonds is 4. The van der Waals surface area contributed by atoms with E-state index in [9.17, 15) is 9.59 Å². The Bertz CT molecular complexity index is 986. The normalized spacial score (nSPS) is 16.7. The Hall–Kier alpha value is -2.77. The summed E-state index contributed by atoms with van der Waals surface area (Å²) in [5.41, 5.74) is 1.45. The molecule has 1 aliphatic heterocycles. The molecule has 2 aromatic carbocycles. The summed E-state index contributed by atoms with van der Waals surface area (Å²) in [6.07, 6.45) is 1.74. The average molecular weight is 417 g/mol. The smallest absolute Gasteiger partial charge is 0.308 e. The summed E-state index contributed by atoms with van der Waals surface area (Å²) < 4.78 is 10.4. The van der Waals surface area contributed by atoms with Gasteiger partial charge in [0, 0.05) is 19.0 Å². The number of aliphatic imine (C=N–C) groups is 1. The van der Waals surface area contributed by atoms with E-state index in [2.05, 4.69) is 4.99 Å². The fourth-order valence-corrected chi connectivity index (χ4v) is 3.56. The highest BCUT2D eigenvalue weighted by Gasteiger charge is 2.30. The van der Waals surface area contributed by atoms with Gasteiger partial charge in [-0.3, -0.25) is 14.5 Å². The number of esters is 1. The lowest BCUT2D eigenvalue weighted by molar-refractivity contribution is -0.132. The van der Waals surface area contributed by atoms with E-state index < -0.39 is 5.97 Å². The van der Waals surface area contributed by atoms with E-state index in [4.69, 9.17) is 21.1 Å². The lowest BCUT2D eigenvalue weighted by atomic mass is 10.2. The Kier molecular flexibility index (Phi) is 6.06. The van der Waals surface area contributed by atoms with Gasteiger partial charge in [-0.15, -0.1) is 0 Å². The van der Waals surface area contributed by atoms with Gasteiger partial charge in [0.15, 0.2) is 16.7 Å². The van der Waals surface area contributed by atoms with Crippen molar-refractivity contribution in [1.82, 2.24) is 4.90 Å². The first-order valence-electron chi connectivity index (χ1n) is 8.25. The zero-order valence-electron chi connectivity index (χ0n) is 15.4. The quantitative estimate of drug-likeness (QED) is 0.416. The maximum atomic E-state index is 12.6. The minimum Gasteiger partial charge on any atom is -0.493 e. The highest BCUT2D eigenvalue weighted by atomic mass is 35.5. The molecule has 144 valence electrons. The topological polar surface area (TPSA) is 68.2 Å². The van der Waals surface area contributed by atoms with E-state index in [1.54, 1.807) is 55.6 Å². The molecule has 0 saturated carbocycles. The van der Waals surface area contributed by atoms with Crippen LogP contribution >= 0.6 is 23.4 Å². The van der Waals surface area contributed by atoms with E-state index in [0.29, 0.717) is 32.3 Å². The van der Waals surface area contributed by atoms with E-state index in [1.165, 1.54) is 30.7 Å². The number of methoxy groups -OCH3 is 1. The Morgan fingerprint density at radius 2 is 1.89 bits per heavy atom. The largest absolute Gasteiger partial charge is 0.493 e. The summed E-state index contributed by atoms with van der Waals surface area (Å²) in [5.74, 6) is 0.143. The highest BCUT2D eigenvalue weighted by molar-refractivity contribution is 8.18. The minimum atomic E-state index is -0.435. The Morgan fingerprint density at radius 3 is 2.54 bits per heavy atom. The molecule has 0 bridgehead atoms. The molecule has 0 unspecified atom stereocenters. The molecule has 0 aliphatic carbocycles. The monoisotopic (exact) mass is 416 g/mol. The summed E-state index contributed by atoms with van der Waals surface area (Å²) in [6, 6.07) is 12.1. The fourth-order valence-electron chi connectivity index (χ4n) is 2.44. The SMILES string of the molecule is COc1cc(/C=C2/SC(=Nc3ccc(Cl)cc3)N(C)C2=O)ccc1OC(C)=O. The van der Waals surface area contributed by atoms with Gasteiger partial charge < -0.3 is 9.47 Å². The lowest BCUT2D eigenvalue weighted by Gasteiger charge is -2.08. The molecule has 1 saturated heterocycles.